The van der Waals surface area contributed by atoms with E-state index in [1.54, 1.807) is 42.0 Å². The molecule has 40 heavy (non-hydrogen) atoms. The van der Waals surface area contributed by atoms with Gasteiger partial charge in [-0.15, -0.1) is 0 Å². The van der Waals surface area contributed by atoms with Gasteiger partial charge in [-0.25, -0.2) is 0 Å². The topological polar surface area (TPSA) is 0 Å². The van der Waals surface area contributed by atoms with E-state index in [4.69, 9.17) is 0 Å². The lowest BCUT2D eigenvalue weighted by Crippen LogP contribution is -2.62. The standard InChI is InChI=1S/C37H68Si3/c1-26-20-34-32(28-22-29(36(2,3)4)24-30(23-28)37(5,6)7)16-15-17-33(34)35(26)40(13,14)39(11,12)31-19-18-27(21-31)25-38(8,9)10/h22-24,26-27,31-35H,15-21,25H2,1-14H3. The molecule has 3 fully saturated rings. The Balaban J connectivity index is 1.63. The quantitative estimate of drug-likeness (QED) is 0.286. The number of fused-ring (bicyclic) bond motifs is 1. The highest BCUT2D eigenvalue weighted by Gasteiger charge is 2.59. The number of benzene rings is 1. The molecule has 3 aliphatic rings. The Bertz CT molecular complexity index is 999. The summed E-state index contributed by atoms with van der Waals surface area (Å²) in [5, 5.41) is 0. The first-order valence-corrected chi connectivity index (χ1v) is 28.1. The number of rotatable bonds is 6. The molecule has 0 nitrogen and oxygen atoms in total. The third-order valence-corrected chi connectivity index (χ3v) is 35.5. The Morgan fingerprint density at radius 1 is 0.675 bits per heavy atom. The minimum absolute atomic E-state index is 0.203. The van der Waals surface area contributed by atoms with Gasteiger partial charge < -0.3 is 0 Å². The molecule has 1 aromatic carbocycles. The fraction of sp³-hybridized carbons (Fsp3) is 0.838. The largest absolute Gasteiger partial charge is 0.0711 e. The van der Waals surface area contributed by atoms with E-state index in [1.165, 1.54) is 25.7 Å². The molecular formula is C37H68Si3. The van der Waals surface area contributed by atoms with E-state index in [0.717, 1.165) is 40.7 Å². The molecule has 0 aromatic heterocycles. The van der Waals surface area contributed by atoms with Crippen LogP contribution in [0, 0.1) is 23.7 Å². The average Bonchev–Trinajstić information content (AvgIpc) is 3.40. The summed E-state index contributed by atoms with van der Waals surface area (Å²) >= 11 is 0. The van der Waals surface area contributed by atoms with Gasteiger partial charge in [0, 0.05) is 23.3 Å². The second-order valence-electron chi connectivity index (χ2n) is 19.5. The van der Waals surface area contributed by atoms with Gasteiger partial charge in [0.25, 0.3) is 0 Å². The predicted octanol–water partition coefficient (Wildman–Crippen LogP) is 12.2. The first-order chi connectivity index (χ1) is 18.1. The SMILES string of the molecule is CC1CC2C(c3cc(C(C)(C)C)cc(C(C)(C)C)c3)CCCC2C1[Si](C)(C)[Si](C)(C)C1CCC(C[Si](C)(C)C)C1. The minimum Gasteiger partial charge on any atom is -0.0711 e. The van der Waals surface area contributed by atoms with E-state index in [2.05, 4.69) is 112 Å². The Morgan fingerprint density at radius 2 is 1.25 bits per heavy atom. The maximum absolute atomic E-state index is 2.91. The zero-order valence-corrected chi connectivity index (χ0v) is 32.4. The van der Waals surface area contributed by atoms with Gasteiger partial charge in [-0.2, -0.15) is 0 Å². The first kappa shape index (κ1) is 32.8. The molecule has 4 rings (SSSR count). The van der Waals surface area contributed by atoms with Crippen molar-refractivity contribution in [2.75, 3.05) is 0 Å². The fourth-order valence-corrected chi connectivity index (χ4v) is 27.1. The Hall–Kier alpha value is -0.129. The number of hydrogen-bond donors (Lipinski definition) is 0. The summed E-state index contributed by atoms with van der Waals surface area (Å²) in [5.74, 6) is 4.65. The molecule has 0 heterocycles. The highest BCUT2D eigenvalue weighted by molar-refractivity contribution is 7.41. The van der Waals surface area contributed by atoms with Crippen LogP contribution in [0.3, 0.4) is 0 Å². The highest BCUT2D eigenvalue weighted by atomic mass is 29.3. The minimum atomic E-state index is -1.38. The molecule has 0 N–H and O–H groups in total. The van der Waals surface area contributed by atoms with Gasteiger partial charge in [-0.05, 0) is 81.0 Å². The lowest BCUT2D eigenvalue weighted by atomic mass is 9.69. The smallest absolute Gasteiger partial charge is 0.0451 e. The molecule has 0 aliphatic heterocycles. The summed E-state index contributed by atoms with van der Waals surface area (Å²) in [5.41, 5.74) is 7.35. The lowest BCUT2D eigenvalue weighted by molar-refractivity contribution is 0.236. The van der Waals surface area contributed by atoms with Gasteiger partial charge in [-0.1, -0.05) is 151 Å². The van der Waals surface area contributed by atoms with Crippen LogP contribution in [0.2, 0.25) is 63.0 Å². The van der Waals surface area contributed by atoms with E-state index in [9.17, 15) is 0 Å². The van der Waals surface area contributed by atoms with E-state index in [1.807, 2.05) is 0 Å². The average molecular weight is 597 g/mol. The van der Waals surface area contributed by atoms with Crippen molar-refractivity contribution in [3.63, 3.8) is 0 Å². The maximum Gasteiger partial charge on any atom is 0.0451 e. The molecule has 3 aliphatic carbocycles. The Morgan fingerprint density at radius 3 is 1.77 bits per heavy atom. The van der Waals surface area contributed by atoms with Crippen LogP contribution in [0.4, 0.5) is 0 Å². The van der Waals surface area contributed by atoms with E-state index in [0.29, 0.717) is 0 Å². The van der Waals surface area contributed by atoms with Crippen molar-refractivity contribution in [1.29, 1.82) is 0 Å². The molecule has 0 saturated heterocycles. The molecular weight excluding hydrogens is 529 g/mol. The molecule has 0 bridgehead atoms. The van der Waals surface area contributed by atoms with Crippen molar-refractivity contribution in [3.05, 3.63) is 34.9 Å². The molecule has 0 radical (unpaired) electrons. The normalized spacial score (nSPS) is 32.4. The third kappa shape index (κ3) is 6.52. The van der Waals surface area contributed by atoms with Crippen LogP contribution < -0.4 is 0 Å². The molecule has 1 aromatic rings. The maximum atomic E-state index is 2.91. The van der Waals surface area contributed by atoms with Crippen molar-refractivity contribution in [1.82, 2.24) is 0 Å². The summed E-state index contributed by atoms with van der Waals surface area (Å²) in [6.45, 7) is 36.6. The van der Waals surface area contributed by atoms with Crippen molar-refractivity contribution >= 4 is 23.3 Å². The lowest BCUT2D eigenvalue weighted by Gasteiger charge is -2.51. The summed E-state index contributed by atoms with van der Waals surface area (Å²) in [6, 6.07) is 9.41. The predicted molar refractivity (Wildman–Crippen MR) is 189 cm³/mol. The van der Waals surface area contributed by atoms with Crippen molar-refractivity contribution in [2.24, 2.45) is 23.7 Å². The molecule has 7 atom stereocenters. The highest BCUT2D eigenvalue weighted by Crippen LogP contribution is 2.63. The summed E-state index contributed by atoms with van der Waals surface area (Å²) in [4.78, 5) is 0. The summed E-state index contributed by atoms with van der Waals surface area (Å²) < 4.78 is 0. The second kappa shape index (κ2) is 11.1. The second-order valence-corrected chi connectivity index (χ2v) is 41.2. The zero-order valence-electron chi connectivity index (χ0n) is 29.4. The van der Waals surface area contributed by atoms with Gasteiger partial charge in [0.15, 0.2) is 0 Å². The Kier molecular flexibility index (Phi) is 9.10. The molecule has 0 spiro atoms. The van der Waals surface area contributed by atoms with Crippen LogP contribution in [0.1, 0.15) is 116 Å². The molecule has 0 amide bonds. The van der Waals surface area contributed by atoms with Crippen LogP contribution in [0.5, 0.6) is 0 Å². The van der Waals surface area contributed by atoms with Gasteiger partial charge in [-0.3, -0.25) is 0 Å². The first-order valence-electron chi connectivity index (χ1n) is 17.3. The van der Waals surface area contributed by atoms with Crippen molar-refractivity contribution in [2.45, 2.75) is 173 Å². The summed E-state index contributed by atoms with van der Waals surface area (Å²) in [6.07, 6.45) is 10.6. The van der Waals surface area contributed by atoms with E-state index < -0.39 is 23.3 Å². The molecule has 3 saturated carbocycles. The van der Waals surface area contributed by atoms with Gasteiger partial charge in [0.1, 0.15) is 0 Å². The molecule has 228 valence electrons. The van der Waals surface area contributed by atoms with Crippen LogP contribution in [0.25, 0.3) is 0 Å². The summed E-state index contributed by atoms with van der Waals surface area (Å²) in [7, 11) is -3.66. The van der Waals surface area contributed by atoms with Gasteiger partial charge in [0.05, 0.1) is 0 Å². The van der Waals surface area contributed by atoms with Crippen molar-refractivity contribution < 1.29 is 0 Å². The monoisotopic (exact) mass is 596 g/mol. The van der Waals surface area contributed by atoms with Gasteiger partial charge >= 0.3 is 0 Å². The Labute approximate surface area is 254 Å². The molecule has 7 unspecified atom stereocenters. The van der Waals surface area contributed by atoms with Crippen LogP contribution in [-0.4, -0.2) is 23.3 Å². The van der Waals surface area contributed by atoms with Crippen LogP contribution in [0.15, 0.2) is 18.2 Å². The van der Waals surface area contributed by atoms with E-state index >= 15 is 0 Å². The van der Waals surface area contributed by atoms with Gasteiger partial charge in [0.2, 0.25) is 0 Å². The molecule has 3 heteroatoms. The fourth-order valence-electron chi connectivity index (χ4n) is 10.2. The third-order valence-electron chi connectivity index (χ3n) is 12.9. The van der Waals surface area contributed by atoms with Crippen LogP contribution in [-0.2, 0) is 10.8 Å². The van der Waals surface area contributed by atoms with Crippen LogP contribution >= 0.6 is 0 Å². The van der Waals surface area contributed by atoms with E-state index in [-0.39, 0.29) is 10.8 Å². The number of hydrogen-bond acceptors (Lipinski definition) is 0. The van der Waals surface area contributed by atoms with Crippen molar-refractivity contribution in [3.8, 4) is 0 Å². The zero-order chi connectivity index (χ0) is 30.1.